The highest BCUT2D eigenvalue weighted by molar-refractivity contribution is 5.79. The zero-order valence-electron chi connectivity index (χ0n) is 27.2. The minimum atomic E-state index is -0.937. The molecule has 4 saturated carbocycles. The maximum Gasteiger partial charge on any atom is 0.320 e. The molecule has 0 spiro atoms. The Balaban J connectivity index is 0.000000198. The number of hydrogen-bond donors (Lipinski definition) is 2. The third kappa shape index (κ3) is 7.58. The van der Waals surface area contributed by atoms with Crippen LogP contribution in [-0.2, 0) is 23.9 Å². The molecule has 4 aliphatic carbocycles. The number of nitrogens with zero attached hydrogens (tertiary/aromatic N) is 1. The minimum absolute atomic E-state index is 0.142. The van der Waals surface area contributed by atoms with Crippen molar-refractivity contribution in [1.82, 2.24) is 10.2 Å². The van der Waals surface area contributed by atoms with Crippen LogP contribution in [0.2, 0.25) is 0 Å². The topological polar surface area (TPSA) is 105 Å². The number of carbonyl (C=O) groups is 3. The quantitative estimate of drug-likeness (QED) is 0.373. The van der Waals surface area contributed by atoms with E-state index in [0.717, 1.165) is 42.7 Å². The molecule has 0 aromatic carbocycles. The van der Waals surface area contributed by atoms with Crippen LogP contribution in [0, 0.1) is 46.3 Å². The zero-order chi connectivity index (χ0) is 30.7. The Labute approximate surface area is 254 Å². The molecule has 1 aliphatic heterocycles. The van der Waals surface area contributed by atoms with Crippen molar-refractivity contribution >= 4 is 17.7 Å². The van der Waals surface area contributed by atoms with Gasteiger partial charge < -0.3 is 14.6 Å². The van der Waals surface area contributed by atoms with Gasteiger partial charge in [0.2, 0.25) is 0 Å². The Morgan fingerprint density at radius 3 is 2.31 bits per heavy atom. The van der Waals surface area contributed by atoms with Crippen molar-refractivity contribution in [3.8, 4) is 0 Å². The largest absolute Gasteiger partial charge is 0.480 e. The Hall–Kier alpha value is -1.51. The number of carbonyl (C=O) groups excluding carboxylic acids is 2. The maximum absolute atomic E-state index is 12.2. The van der Waals surface area contributed by atoms with Crippen molar-refractivity contribution < 1.29 is 29.0 Å². The lowest BCUT2D eigenvalue weighted by atomic mass is 9.44. The van der Waals surface area contributed by atoms with E-state index in [2.05, 4.69) is 26.1 Å². The first-order chi connectivity index (χ1) is 19.7. The number of Topliss-reactive ketones (excluding diaryl/α,β-unsaturated/α-hetero) is 1. The van der Waals surface area contributed by atoms with Crippen LogP contribution in [0.25, 0.3) is 0 Å². The van der Waals surface area contributed by atoms with Gasteiger partial charge in [0.15, 0.2) is 0 Å². The summed E-state index contributed by atoms with van der Waals surface area (Å²) in [6, 6.07) is 0. The summed E-state index contributed by atoms with van der Waals surface area (Å²) in [6.07, 6.45) is 12.6. The van der Waals surface area contributed by atoms with E-state index < -0.39 is 11.5 Å². The summed E-state index contributed by atoms with van der Waals surface area (Å²) in [5.41, 5.74) is 0.391. The summed E-state index contributed by atoms with van der Waals surface area (Å²) in [4.78, 5) is 36.3. The van der Waals surface area contributed by atoms with Gasteiger partial charge in [-0.2, -0.15) is 0 Å². The van der Waals surface area contributed by atoms with Gasteiger partial charge in [-0.3, -0.25) is 24.6 Å². The summed E-state index contributed by atoms with van der Waals surface area (Å²) >= 11 is 0. The molecule has 8 heteroatoms. The van der Waals surface area contributed by atoms with Gasteiger partial charge in [0.25, 0.3) is 0 Å². The fourth-order valence-corrected chi connectivity index (χ4v) is 9.75. The van der Waals surface area contributed by atoms with Crippen LogP contribution < -0.4 is 5.32 Å². The third-order valence-corrected chi connectivity index (χ3v) is 12.2. The molecule has 5 fully saturated rings. The van der Waals surface area contributed by atoms with E-state index in [9.17, 15) is 14.4 Å². The first-order valence-corrected chi connectivity index (χ1v) is 16.7. The van der Waals surface area contributed by atoms with Crippen molar-refractivity contribution in [2.75, 3.05) is 46.0 Å². The second kappa shape index (κ2) is 13.6. The lowest BCUT2D eigenvalue weighted by Crippen LogP contribution is -2.53. The average Bonchev–Trinajstić information content (AvgIpc) is 3.30. The van der Waals surface area contributed by atoms with Gasteiger partial charge in [-0.1, -0.05) is 27.2 Å². The van der Waals surface area contributed by atoms with Crippen LogP contribution in [0.3, 0.4) is 0 Å². The van der Waals surface area contributed by atoms with Crippen molar-refractivity contribution in [2.45, 2.75) is 105 Å². The zero-order valence-corrected chi connectivity index (χ0v) is 27.2. The molecule has 5 aliphatic rings. The molecule has 240 valence electrons. The van der Waals surface area contributed by atoms with E-state index in [4.69, 9.17) is 14.6 Å². The van der Waals surface area contributed by atoms with E-state index in [0.29, 0.717) is 35.7 Å². The monoisotopic (exact) mass is 590 g/mol. The van der Waals surface area contributed by atoms with Gasteiger partial charge in [0.05, 0.1) is 26.3 Å². The Morgan fingerprint density at radius 2 is 1.64 bits per heavy atom. The number of morpholine rings is 1. The SMILES string of the molecule is CC(=O)C1CCC2C3CCC4CC(C)CCC4(C)C3CCC12C.CC(C)(COC(=O)CN1CCOCC1)NCC(=O)O. The summed E-state index contributed by atoms with van der Waals surface area (Å²) < 4.78 is 10.4. The molecule has 42 heavy (non-hydrogen) atoms. The Morgan fingerprint density at radius 1 is 0.976 bits per heavy atom. The molecule has 0 aromatic heterocycles. The summed E-state index contributed by atoms with van der Waals surface area (Å²) in [7, 11) is 0. The number of nitrogens with one attached hydrogen (secondary N) is 1. The molecular weight excluding hydrogens is 532 g/mol. The number of esters is 1. The molecule has 8 atom stereocenters. The summed E-state index contributed by atoms with van der Waals surface area (Å²) in [5.74, 6) is 4.26. The standard InChI is InChI=1S/C22H36O.C12H22N2O5/c1-14-9-11-21(3)16(13-14)5-6-17-19-8-7-18(15(2)23)22(19,4)12-10-20(17)21;1-12(2,13-7-10(15)16)9-19-11(17)8-14-3-5-18-6-4-14/h14,16-20H,5-13H2,1-4H3;13H,3-9H2,1-2H3,(H,15,16). The van der Waals surface area contributed by atoms with E-state index in [1.807, 2.05) is 11.8 Å². The van der Waals surface area contributed by atoms with Crippen LogP contribution >= 0.6 is 0 Å². The Kier molecular flexibility index (Phi) is 10.8. The molecule has 2 N–H and O–H groups in total. The number of carboxylic acids is 1. The molecule has 0 bridgehead atoms. The number of ketones is 1. The number of rotatable bonds is 8. The molecular formula is C34H58N2O6. The van der Waals surface area contributed by atoms with E-state index in [1.165, 1.54) is 57.8 Å². The van der Waals surface area contributed by atoms with Crippen molar-refractivity contribution in [3.05, 3.63) is 0 Å². The average molecular weight is 591 g/mol. The van der Waals surface area contributed by atoms with E-state index in [-0.39, 0.29) is 25.7 Å². The molecule has 8 unspecified atom stereocenters. The van der Waals surface area contributed by atoms with Crippen molar-refractivity contribution in [1.29, 1.82) is 0 Å². The molecule has 1 saturated heterocycles. The fraction of sp³-hybridized carbons (Fsp3) is 0.912. The second-order valence-electron chi connectivity index (χ2n) is 15.5. The Bertz CT molecular complexity index is 964. The van der Waals surface area contributed by atoms with Crippen LogP contribution in [0.5, 0.6) is 0 Å². The lowest BCUT2D eigenvalue weighted by Gasteiger charge is -2.61. The molecule has 5 rings (SSSR count). The molecule has 0 radical (unpaired) electrons. The molecule has 0 amide bonds. The van der Waals surface area contributed by atoms with Crippen molar-refractivity contribution in [3.63, 3.8) is 0 Å². The highest BCUT2D eigenvalue weighted by Gasteiger charge is 2.60. The summed E-state index contributed by atoms with van der Waals surface area (Å²) in [5, 5.41) is 11.4. The highest BCUT2D eigenvalue weighted by Crippen LogP contribution is 2.67. The predicted molar refractivity (Wildman–Crippen MR) is 163 cm³/mol. The second-order valence-corrected chi connectivity index (χ2v) is 15.5. The molecule has 0 aromatic rings. The van der Waals surface area contributed by atoms with Crippen LogP contribution in [0.4, 0.5) is 0 Å². The summed E-state index contributed by atoms with van der Waals surface area (Å²) in [6.45, 7) is 16.0. The first kappa shape index (κ1) is 33.4. The third-order valence-electron chi connectivity index (χ3n) is 12.2. The maximum atomic E-state index is 12.2. The normalized spacial score (nSPS) is 38.2. The minimum Gasteiger partial charge on any atom is -0.480 e. The number of fused-ring (bicyclic) bond motifs is 5. The van der Waals surface area contributed by atoms with Crippen LogP contribution in [-0.4, -0.2) is 79.3 Å². The predicted octanol–water partition coefficient (Wildman–Crippen LogP) is 5.19. The van der Waals surface area contributed by atoms with Gasteiger partial charge in [-0.15, -0.1) is 0 Å². The van der Waals surface area contributed by atoms with E-state index >= 15 is 0 Å². The van der Waals surface area contributed by atoms with E-state index in [1.54, 1.807) is 13.8 Å². The number of carboxylic acid groups (broad SMARTS) is 1. The number of hydrogen-bond acceptors (Lipinski definition) is 7. The molecule has 8 nitrogen and oxygen atoms in total. The van der Waals surface area contributed by atoms with Gasteiger partial charge in [-0.05, 0) is 113 Å². The van der Waals surface area contributed by atoms with Crippen molar-refractivity contribution in [2.24, 2.45) is 46.3 Å². The smallest absolute Gasteiger partial charge is 0.320 e. The number of aliphatic carboxylic acids is 1. The van der Waals surface area contributed by atoms with Gasteiger partial charge >= 0.3 is 11.9 Å². The number of ether oxygens (including phenoxy) is 2. The van der Waals surface area contributed by atoms with Gasteiger partial charge in [0.1, 0.15) is 12.4 Å². The highest BCUT2D eigenvalue weighted by atomic mass is 16.5. The first-order valence-electron chi connectivity index (χ1n) is 16.7. The van der Waals surface area contributed by atoms with Gasteiger partial charge in [-0.25, -0.2) is 0 Å². The van der Waals surface area contributed by atoms with Crippen LogP contribution in [0.15, 0.2) is 0 Å². The van der Waals surface area contributed by atoms with Gasteiger partial charge in [0, 0.05) is 24.5 Å². The lowest BCUT2D eigenvalue weighted by molar-refractivity contribution is -0.148. The molecule has 1 heterocycles. The van der Waals surface area contributed by atoms with Crippen LogP contribution in [0.1, 0.15) is 99.3 Å². The fourth-order valence-electron chi connectivity index (χ4n) is 9.75.